The zero-order chi connectivity index (χ0) is 37.1. The number of aliphatic imine (C=N–C) groups is 1. The molecule has 0 radical (unpaired) electrons. The van der Waals surface area contributed by atoms with E-state index in [1.807, 2.05) is 26.0 Å². The van der Waals surface area contributed by atoms with Gasteiger partial charge in [-0.15, -0.1) is 0 Å². The molecule has 0 spiro atoms. The molecule has 49 heavy (non-hydrogen) atoms. The van der Waals surface area contributed by atoms with E-state index in [4.69, 9.17) is 34.8 Å². The Kier molecular flexibility index (Phi) is 12.5. The number of amides is 2. The first-order chi connectivity index (χ1) is 22.7. The number of Topliss-reactive ketones (excluding diaryl/α,β-unsaturated/α-hetero) is 2. The lowest BCUT2D eigenvalue weighted by Gasteiger charge is -2.35. The van der Waals surface area contributed by atoms with Crippen molar-refractivity contribution in [1.82, 2.24) is 0 Å². The topological polar surface area (TPSA) is 125 Å². The van der Waals surface area contributed by atoms with Crippen LogP contribution in [0.3, 0.4) is 0 Å². The molecule has 3 rings (SSSR count). The first-order valence-corrected chi connectivity index (χ1v) is 17.2. The highest BCUT2D eigenvalue weighted by Crippen LogP contribution is 2.39. The third kappa shape index (κ3) is 9.10. The second-order valence-electron chi connectivity index (χ2n) is 14.1. The molecule has 2 atom stereocenters. The zero-order valence-corrected chi connectivity index (χ0v) is 31.6. The highest BCUT2D eigenvalue weighted by molar-refractivity contribution is 6.68. The number of hydrogen-bond donors (Lipinski definition) is 3. The van der Waals surface area contributed by atoms with Crippen LogP contribution in [0.5, 0.6) is 5.75 Å². The van der Waals surface area contributed by atoms with Gasteiger partial charge in [0, 0.05) is 22.4 Å². The molecule has 8 nitrogen and oxygen atoms in total. The van der Waals surface area contributed by atoms with Crippen LogP contribution in [0.2, 0.25) is 15.1 Å². The number of nitrogens with one attached hydrogen (secondary N) is 2. The number of benzene rings is 3. The Labute approximate surface area is 303 Å². The molecule has 2 unspecified atom stereocenters. The van der Waals surface area contributed by atoms with Gasteiger partial charge < -0.3 is 15.7 Å². The zero-order valence-electron chi connectivity index (χ0n) is 29.3. The smallest absolute Gasteiger partial charge is 0.292 e. The van der Waals surface area contributed by atoms with Gasteiger partial charge in [0.05, 0.1) is 26.4 Å². The first-order valence-electron chi connectivity index (χ1n) is 16.0. The normalized spacial score (nSPS) is 14.1. The minimum absolute atomic E-state index is 0.0450. The van der Waals surface area contributed by atoms with Crippen molar-refractivity contribution in [3.05, 3.63) is 80.8 Å². The third-order valence-corrected chi connectivity index (χ3v) is 10.2. The maximum Gasteiger partial charge on any atom is 0.292 e. The van der Waals surface area contributed by atoms with E-state index in [-0.39, 0.29) is 43.3 Å². The van der Waals surface area contributed by atoms with Gasteiger partial charge in [-0.3, -0.25) is 19.2 Å². The number of ketones is 2. The van der Waals surface area contributed by atoms with E-state index in [9.17, 15) is 24.3 Å². The monoisotopic (exact) mass is 727 g/mol. The number of aromatic hydroxyl groups is 1. The van der Waals surface area contributed by atoms with Gasteiger partial charge in [-0.05, 0) is 59.7 Å². The van der Waals surface area contributed by atoms with E-state index < -0.39 is 45.8 Å². The van der Waals surface area contributed by atoms with Gasteiger partial charge >= 0.3 is 0 Å². The van der Waals surface area contributed by atoms with Gasteiger partial charge in [0.15, 0.2) is 17.2 Å². The van der Waals surface area contributed by atoms with E-state index >= 15 is 0 Å². The molecule has 0 aliphatic rings. The molecule has 0 bridgehead atoms. The van der Waals surface area contributed by atoms with Crippen LogP contribution in [0, 0.1) is 11.3 Å². The van der Waals surface area contributed by atoms with Crippen molar-refractivity contribution in [2.45, 2.75) is 86.0 Å². The second kappa shape index (κ2) is 15.4. The number of phenolic OH excluding ortho intramolecular Hbond substituents is 1. The van der Waals surface area contributed by atoms with Crippen LogP contribution in [0.4, 0.5) is 17.1 Å². The summed E-state index contributed by atoms with van der Waals surface area (Å²) >= 11 is 18.5. The van der Waals surface area contributed by atoms with Crippen molar-refractivity contribution in [3.8, 4) is 5.75 Å². The summed E-state index contributed by atoms with van der Waals surface area (Å²) in [6.07, 6.45) is 1.57. The van der Waals surface area contributed by atoms with E-state index in [1.54, 1.807) is 27.7 Å². The van der Waals surface area contributed by atoms with Crippen LogP contribution in [0.25, 0.3) is 0 Å². The number of carbonyl (C=O) groups is 4. The van der Waals surface area contributed by atoms with Gasteiger partial charge in [-0.25, -0.2) is 4.99 Å². The average Bonchev–Trinajstić information content (AvgIpc) is 3.05. The fourth-order valence-electron chi connectivity index (χ4n) is 5.12. The average molecular weight is 729 g/mol. The SMILES string of the molecule is CCC(C)(C)c1cccc(C(C)(CC)C(C)C(=O)C(=O)Nc2ccc(Cl)c(NC(=O)C(=Nc3cc(Cl)c(O)c(Cl)c3)C(=O)C(C)(C)C)c2)c1. The van der Waals surface area contributed by atoms with Gasteiger partial charge in [0.1, 0.15) is 0 Å². The summed E-state index contributed by atoms with van der Waals surface area (Å²) in [4.78, 5) is 58.0. The lowest BCUT2D eigenvalue weighted by atomic mass is 9.67. The summed E-state index contributed by atoms with van der Waals surface area (Å²) in [6, 6.07) is 15.1. The predicted molar refractivity (Wildman–Crippen MR) is 200 cm³/mol. The third-order valence-electron chi connectivity index (χ3n) is 9.32. The van der Waals surface area contributed by atoms with Crippen LogP contribution >= 0.6 is 34.8 Å². The Balaban J connectivity index is 1.89. The number of carbonyl (C=O) groups excluding carboxylic acids is 4. The Morgan fingerprint density at radius 3 is 1.92 bits per heavy atom. The maximum absolute atomic E-state index is 13.6. The molecule has 3 aromatic rings. The van der Waals surface area contributed by atoms with E-state index in [2.05, 4.69) is 48.5 Å². The van der Waals surface area contributed by atoms with Crippen molar-refractivity contribution in [3.63, 3.8) is 0 Å². The van der Waals surface area contributed by atoms with E-state index in [0.717, 1.165) is 12.0 Å². The molecular weight excluding hydrogens is 685 g/mol. The van der Waals surface area contributed by atoms with Crippen LogP contribution in [-0.2, 0) is 30.0 Å². The highest BCUT2D eigenvalue weighted by Gasteiger charge is 2.39. The van der Waals surface area contributed by atoms with Crippen LogP contribution in [-0.4, -0.2) is 34.2 Å². The van der Waals surface area contributed by atoms with Crippen molar-refractivity contribution < 1.29 is 24.3 Å². The lowest BCUT2D eigenvalue weighted by Crippen LogP contribution is -2.40. The molecule has 3 N–H and O–H groups in total. The fraction of sp³-hybridized carbons (Fsp3) is 0.395. The minimum Gasteiger partial charge on any atom is -0.505 e. The maximum atomic E-state index is 13.6. The minimum atomic E-state index is -1.00. The molecule has 0 fully saturated rings. The molecule has 0 aliphatic carbocycles. The van der Waals surface area contributed by atoms with Crippen LogP contribution in [0.1, 0.15) is 86.3 Å². The molecule has 0 aromatic heterocycles. The largest absolute Gasteiger partial charge is 0.505 e. The van der Waals surface area contributed by atoms with Gasteiger partial charge in [0.2, 0.25) is 5.78 Å². The van der Waals surface area contributed by atoms with Gasteiger partial charge in [0.25, 0.3) is 11.8 Å². The Hall–Kier alpha value is -3.72. The number of halogens is 3. The number of phenols is 1. The molecule has 2 amide bonds. The molecule has 11 heteroatoms. The predicted octanol–water partition coefficient (Wildman–Crippen LogP) is 9.88. The highest BCUT2D eigenvalue weighted by atomic mass is 35.5. The van der Waals surface area contributed by atoms with Crippen LogP contribution in [0.15, 0.2) is 59.6 Å². The summed E-state index contributed by atoms with van der Waals surface area (Å²) in [5, 5.41) is 15.0. The summed E-state index contributed by atoms with van der Waals surface area (Å²) in [6.45, 7) is 17.1. The quantitative estimate of drug-likeness (QED) is 0.0973. The van der Waals surface area contributed by atoms with Crippen molar-refractivity contribution in [2.24, 2.45) is 16.3 Å². The summed E-state index contributed by atoms with van der Waals surface area (Å²) in [5.74, 6) is -3.91. The Morgan fingerprint density at radius 2 is 1.37 bits per heavy atom. The molecular formula is C38H44Cl3N3O5. The molecule has 0 saturated carbocycles. The molecule has 0 heterocycles. The second-order valence-corrected chi connectivity index (χ2v) is 15.3. The van der Waals surface area contributed by atoms with Crippen molar-refractivity contribution in [1.29, 1.82) is 0 Å². The standard InChI is InChI=1S/C38H44Cl3N3O5/c1-10-37(7,8)22-13-12-14-23(17-22)38(9,11-2)21(3)31(45)35(49)43-24-15-16-26(39)29(20-24)44-34(48)30(33(47)36(4,5)6)42-25-18-27(40)32(46)28(41)19-25/h12-21,46H,10-11H2,1-9H3,(H,43,49)(H,44,48). The number of hydrogen-bond acceptors (Lipinski definition) is 6. The first kappa shape index (κ1) is 39.7. The number of rotatable bonds is 12. The fourth-order valence-corrected chi connectivity index (χ4v) is 5.76. The Bertz CT molecular complexity index is 1790. The number of nitrogens with zero attached hydrogens (tertiary/aromatic N) is 1. The van der Waals surface area contributed by atoms with Crippen molar-refractivity contribution in [2.75, 3.05) is 10.6 Å². The summed E-state index contributed by atoms with van der Waals surface area (Å²) in [5.41, 5.74) is 0.352. The molecule has 262 valence electrons. The van der Waals surface area contributed by atoms with Gasteiger partial charge in [-0.1, -0.05) is 121 Å². The van der Waals surface area contributed by atoms with E-state index in [0.29, 0.717) is 6.42 Å². The number of anilines is 2. The Morgan fingerprint density at radius 1 is 0.776 bits per heavy atom. The molecule has 0 aliphatic heterocycles. The summed E-state index contributed by atoms with van der Waals surface area (Å²) in [7, 11) is 0. The molecule has 0 saturated heterocycles. The molecule has 3 aromatic carbocycles. The van der Waals surface area contributed by atoms with E-state index in [1.165, 1.54) is 35.9 Å². The van der Waals surface area contributed by atoms with Crippen LogP contribution < -0.4 is 10.6 Å². The lowest BCUT2D eigenvalue weighted by molar-refractivity contribution is -0.138. The van der Waals surface area contributed by atoms with Gasteiger partial charge in [-0.2, -0.15) is 0 Å². The van der Waals surface area contributed by atoms with Crippen molar-refractivity contribution >= 4 is 81.0 Å². The summed E-state index contributed by atoms with van der Waals surface area (Å²) < 4.78 is 0.